The second kappa shape index (κ2) is 5.23. The van der Waals surface area contributed by atoms with Crippen LogP contribution in [0, 0.1) is 0 Å². The first-order chi connectivity index (χ1) is 8.65. The van der Waals surface area contributed by atoms with Crippen molar-refractivity contribution < 1.29 is 9.90 Å². The zero-order valence-electron chi connectivity index (χ0n) is 9.76. The van der Waals surface area contributed by atoms with E-state index in [-0.39, 0.29) is 18.1 Å². The highest BCUT2D eigenvalue weighted by Crippen LogP contribution is 2.16. The van der Waals surface area contributed by atoms with Crippen LogP contribution in [0.3, 0.4) is 0 Å². The molecule has 0 aliphatic heterocycles. The van der Waals surface area contributed by atoms with E-state index in [1.807, 2.05) is 18.2 Å². The van der Waals surface area contributed by atoms with Crippen molar-refractivity contribution in [2.45, 2.75) is 6.42 Å². The van der Waals surface area contributed by atoms with Crippen molar-refractivity contribution in [1.82, 2.24) is 0 Å². The lowest BCUT2D eigenvalue weighted by Crippen LogP contribution is -2.15. The molecular weight excluding hydrogens is 228 g/mol. The van der Waals surface area contributed by atoms with Crippen LogP contribution in [0.2, 0.25) is 0 Å². The van der Waals surface area contributed by atoms with Crippen LogP contribution in [0.25, 0.3) is 0 Å². The van der Waals surface area contributed by atoms with E-state index < -0.39 is 0 Å². The van der Waals surface area contributed by atoms with Crippen LogP contribution in [0.1, 0.15) is 5.56 Å². The fraction of sp³-hybridized carbons (Fsp3) is 0.0714. The molecule has 0 aliphatic rings. The van der Waals surface area contributed by atoms with Crippen LogP contribution in [0.15, 0.2) is 48.5 Å². The van der Waals surface area contributed by atoms with Gasteiger partial charge in [-0.25, -0.2) is 0 Å². The molecule has 0 radical (unpaired) electrons. The van der Waals surface area contributed by atoms with Gasteiger partial charge in [0.05, 0.1) is 6.42 Å². The fourth-order valence-corrected chi connectivity index (χ4v) is 1.66. The third kappa shape index (κ3) is 3.01. The van der Waals surface area contributed by atoms with E-state index in [1.54, 1.807) is 24.3 Å². The molecule has 0 fully saturated rings. The van der Waals surface area contributed by atoms with Gasteiger partial charge in [-0.05, 0) is 23.8 Å². The average molecular weight is 242 g/mol. The molecule has 4 nitrogen and oxygen atoms in total. The number of hydrogen-bond donors (Lipinski definition) is 3. The lowest BCUT2D eigenvalue weighted by molar-refractivity contribution is -0.115. The number of nitrogens with two attached hydrogens (primary N) is 1. The average Bonchev–Trinajstić information content (AvgIpc) is 2.32. The summed E-state index contributed by atoms with van der Waals surface area (Å²) in [4.78, 5) is 11.8. The van der Waals surface area contributed by atoms with Gasteiger partial charge in [0.15, 0.2) is 0 Å². The Labute approximate surface area is 105 Å². The number of para-hydroxylation sites is 1. The van der Waals surface area contributed by atoms with Crippen molar-refractivity contribution >= 4 is 17.3 Å². The van der Waals surface area contributed by atoms with E-state index in [9.17, 15) is 9.90 Å². The predicted molar refractivity (Wildman–Crippen MR) is 71.3 cm³/mol. The van der Waals surface area contributed by atoms with Gasteiger partial charge in [-0.15, -0.1) is 0 Å². The van der Waals surface area contributed by atoms with E-state index >= 15 is 0 Å². The van der Waals surface area contributed by atoms with Gasteiger partial charge in [-0.3, -0.25) is 4.79 Å². The van der Waals surface area contributed by atoms with Crippen LogP contribution >= 0.6 is 0 Å². The summed E-state index contributed by atoms with van der Waals surface area (Å²) in [7, 11) is 0. The highest BCUT2D eigenvalue weighted by atomic mass is 16.3. The summed E-state index contributed by atoms with van der Waals surface area (Å²) < 4.78 is 0. The lowest BCUT2D eigenvalue weighted by Gasteiger charge is -2.07. The first kappa shape index (κ1) is 12.0. The number of nitrogen functional groups attached to an aromatic ring is 1. The Hall–Kier alpha value is -2.49. The number of phenols is 1. The van der Waals surface area contributed by atoms with Crippen LogP contribution in [0.4, 0.5) is 11.4 Å². The van der Waals surface area contributed by atoms with Crippen molar-refractivity contribution in [3.63, 3.8) is 0 Å². The molecule has 0 aromatic heterocycles. The number of nitrogens with one attached hydrogen (secondary N) is 1. The highest BCUT2D eigenvalue weighted by Gasteiger charge is 2.06. The Morgan fingerprint density at radius 1 is 1.17 bits per heavy atom. The van der Waals surface area contributed by atoms with Gasteiger partial charge in [-0.1, -0.05) is 24.3 Å². The predicted octanol–water partition coefficient (Wildman–Crippen LogP) is 2.16. The molecule has 4 N–H and O–H groups in total. The molecule has 4 heteroatoms. The molecule has 0 atom stereocenters. The molecule has 2 rings (SSSR count). The summed E-state index contributed by atoms with van der Waals surface area (Å²) in [6, 6.07) is 13.7. The number of hydrogen-bond acceptors (Lipinski definition) is 3. The van der Waals surface area contributed by atoms with E-state index in [0.717, 1.165) is 5.56 Å². The number of aromatic hydroxyl groups is 1. The quantitative estimate of drug-likeness (QED) is 0.722. The zero-order chi connectivity index (χ0) is 13.0. The second-order valence-electron chi connectivity index (χ2n) is 3.97. The summed E-state index contributed by atoms with van der Waals surface area (Å²) in [5.41, 5.74) is 7.72. The first-order valence-corrected chi connectivity index (χ1v) is 5.57. The normalized spacial score (nSPS) is 10.0. The molecule has 0 saturated carbocycles. The van der Waals surface area contributed by atoms with Gasteiger partial charge in [-0.2, -0.15) is 0 Å². The van der Waals surface area contributed by atoms with Gasteiger partial charge in [0.2, 0.25) is 5.91 Å². The number of carbonyl (C=O) groups excluding carboxylic acids is 1. The summed E-state index contributed by atoms with van der Waals surface area (Å²) in [5, 5.41) is 12.0. The molecule has 0 bridgehead atoms. The Morgan fingerprint density at radius 3 is 2.67 bits per heavy atom. The molecule has 2 aromatic carbocycles. The fourth-order valence-electron chi connectivity index (χ4n) is 1.66. The first-order valence-electron chi connectivity index (χ1n) is 5.57. The van der Waals surface area contributed by atoms with E-state index in [1.165, 1.54) is 6.07 Å². The van der Waals surface area contributed by atoms with Crippen LogP contribution < -0.4 is 11.1 Å². The summed E-state index contributed by atoms with van der Waals surface area (Å²) >= 11 is 0. The number of anilines is 2. The van der Waals surface area contributed by atoms with Crippen molar-refractivity contribution in [1.29, 1.82) is 0 Å². The maximum absolute atomic E-state index is 11.8. The summed E-state index contributed by atoms with van der Waals surface area (Å²) in [6.07, 6.45) is 0.211. The maximum Gasteiger partial charge on any atom is 0.228 e. The molecule has 0 saturated heterocycles. The SMILES string of the molecule is Nc1ccccc1CC(=O)Nc1cccc(O)c1. The molecule has 18 heavy (non-hydrogen) atoms. The second-order valence-corrected chi connectivity index (χ2v) is 3.97. The van der Waals surface area contributed by atoms with E-state index in [0.29, 0.717) is 11.4 Å². The molecular formula is C14H14N2O2. The minimum Gasteiger partial charge on any atom is -0.508 e. The van der Waals surface area contributed by atoms with Crippen LogP contribution in [-0.2, 0) is 11.2 Å². The standard InChI is InChI=1S/C14H14N2O2/c15-13-7-2-1-4-10(13)8-14(18)16-11-5-3-6-12(17)9-11/h1-7,9,17H,8,15H2,(H,16,18). The monoisotopic (exact) mass is 242 g/mol. The number of benzene rings is 2. The Balaban J connectivity index is 2.03. The number of amides is 1. The van der Waals surface area contributed by atoms with E-state index in [4.69, 9.17) is 5.73 Å². The number of carbonyl (C=O) groups is 1. The topological polar surface area (TPSA) is 75.4 Å². The minimum absolute atomic E-state index is 0.118. The third-order valence-electron chi connectivity index (χ3n) is 2.54. The van der Waals surface area contributed by atoms with Crippen LogP contribution in [0.5, 0.6) is 5.75 Å². The Kier molecular flexibility index (Phi) is 3.48. The largest absolute Gasteiger partial charge is 0.508 e. The zero-order valence-corrected chi connectivity index (χ0v) is 9.76. The molecule has 0 spiro atoms. The van der Waals surface area contributed by atoms with Crippen molar-refractivity contribution in [2.24, 2.45) is 0 Å². The van der Waals surface area contributed by atoms with Crippen molar-refractivity contribution in [2.75, 3.05) is 11.1 Å². The molecule has 2 aromatic rings. The Morgan fingerprint density at radius 2 is 1.94 bits per heavy atom. The lowest BCUT2D eigenvalue weighted by atomic mass is 10.1. The molecule has 0 heterocycles. The molecule has 0 unspecified atom stereocenters. The third-order valence-corrected chi connectivity index (χ3v) is 2.54. The maximum atomic E-state index is 11.8. The Bertz CT molecular complexity index is 567. The van der Waals surface area contributed by atoms with Crippen molar-refractivity contribution in [3.05, 3.63) is 54.1 Å². The van der Waals surface area contributed by atoms with Gasteiger partial charge in [0, 0.05) is 17.4 Å². The van der Waals surface area contributed by atoms with Gasteiger partial charge in [0.1, 0.15) is 5.75 Å². The van der Waals surface area contributed by atoms with Gasteiger partial charge < -0.3 is 16.2 Å². The van der Waals surface area contributed by atoms with Gasteiger partial charge in [0.25, 0.3) is 0 Å². The minimum atomic E-state index is -0.168. The molecule has 92 valence electrons. The van der Waals surface area contributed by atoms with Crippen molar-refractivity contribution in [3.8, 4) is 5.75 Å². The van der Waals surface area contributed by atoms with E-state index in [2.05, 4.69) is 5.32 Å². The smallest absolute Gasteiger partial charge is 0.228 e. The number of phenolic OH excluding ortho intramolecular Hbond substituents is 1. The number of rotatable bonds is 3. The molecule has 0 aliphatic carbocycles. The molecule has 1 amide bonds. The van der Waals surface area contributed by atoms with Crippen LogP contribution in [-0.4, -0.2) is 11.0 Å². The highest BCUT2D eigenvalue weighted by molar-refractivity contribution is 5.93. The summed E-state index contributed by atoms with van der Waals surface area (Å²) in [5.74, 6) is -0.0504. The summed E-state index contributed by atoms with van der Waals surface area (Å²) in [6.45, 7) is 0. The van der Waals surface area contributed by atoms with Gasteiger partial charge >= 0.3 is 0 Å².